The predicted molar refractivity (Wildman–Crippen MR) is 109 cm³/mol. The van der Waals surface area contributed by atoms with E-state index in [-0.39, 0.29) is 0 Å². The third kappa shape index (κ3) is 3.42. The molecule has 0 saturated carbocycles. The van der Waals surface area contributed by atoms with Gasteiger partial charge in [0.15, 0.2) is 0 Å². The van der Waals surface area contributed by atoms with Gasteiger partial charge in [0.25, 0.3) is 5.78 Å². The van der Waals surface area contributed by atoms with Crippen LogP contribution in [0.15, 0.2) is 24.5 Å². The second kappa shape index (κ2) is 7.53. The number of aromatic nitrogens is 4. The van der Waals surface area contributed by atoms with E-state index in [9.17, 15) is 0 Å². The highest BCUT2D eigenvalue weighted by atomic mass is 16.5. The van der Waals surface area contributed by atoms with Gasteiger partial charge in [-0.25, -0.2) is 4.98 Å². The van der Waals surface area contributed by atoms with Gasteiger partial charge >= 0.3 is 0 Å². The van der Waals surface area contributed by atoms with Crippen molar-refractivity contribution in [3.63, 3.8) is 0 Å². The average molecular weight is 382 g/mol. The molecule has 1 N–H and O–H groups in total. The maximum Gasteiger partial charge on any atom is 0.254 e. The molecular weight excluding hydrogens is 356 g/mol. The monoisotopic (exact) mass is 382 g/mol. The molecular formula is C20H26N6O2. The van der Waals surface area contributed by atoms with Gasteiger partial charge in [-0.05, 0) is 26.7 Å². The molecule has 0 bridgehead atoms. The number of anilines is 2. The number of rotatable bonds is 5. The van der Waals surface area contributed by atoms with Crippen LogP contribution in [0.1, 0.15) is 24.1 Å². The van der Waals surface area contributed by atoms with Gasteiger partial charge in [0, 0.05) is 54.3 Å². The number of ether oxygens (including phenoxy) is 2. The number of fused-ring (bicyclic) bond motifs is 1. The van der Waals surface area contributed by atoms with Crippen LogP contribution >= 0.6 is 0 Å². The number of piperidine rings is 1. The fourth-order valence-electron chi connectivity index (χ4n) is 3.75. The molecule has 1 aliphatic heterocycles. The Morgan fingerprint density at radius 2 is 1.71 bits per heavy atom. The molecule has 1 aromatic carbocycles. The fraction of sp³-hybridized carbons (Fsp3) is 0.450. The first-order chi connectivity index (χ1) is 13.6. The zero-order chi connectivity index (χ0) is 19.7. The minimum atomic E-state index is 0.391. The van der Waals surface area contributed by atoms with Crippen LogP contribution in [-0.4, -0.2) is 52.9 Å². The molecule has 4 rings (SSSR count). The summed E-state index contributed by atoms with van der Waals surface area (Å²) in [7, 11) is 3.34. The van der Waals surface area contributed by atoms with Crippen LogP contribution < -0.4 is 19.7 Å². The van der Waals surface area contributed by atoms with E-state index in [4.69, 9.17) is 9.47 Å². The van der Waals surface area contributed by atoms with Crippen molar-refractivity contribution in [1.82, 2.24) is 19.6 Å². The smallest absolute Gasteiger partial charge is 0.254 e. The summed E-state index contributed by atoms with van der Waals surface area (Å²) in [5.74, 6) is 3.33. The summed E-state index contributed by atoms with van der Waals surface area (Å²) in [6.45, 7) is 6.01. The Kier molecular flexibility index (Phi) is 4.93. The number of nitrogens with zero attached hydrogens (tertiary/aromatic N) is 5. The van der Waals surface area contributed by atoms with Crippen LogP contribution in [-0.2, 0) is 0 Å². The summed E-state index contributed by atoms with van der Waals surface area (Å²) < 4.78 is 12.6. The third-order valence-corrected chi connectivity index (χ3v) is 5.39. The van der Waals surface area contributed by atoms with Crippen LogP contribution in [0.4, 0.5) is 11.5 Å². The van der Waals surface area contributed by atoms with Crippen molar-refractivity contribution in [3.8, 4) is 11.5 Å². The van der Waals surface area contributed by atoms with Gasteiger partial charge in [0.2, 0.25) is 0 Å². The van der Waals surface area contributed by atoms with Crippen molar-refractivity contribution in [1.29, 1.82) is 0 Å². The topological polar surface area (TPSA) is 76.8 Å². The molecule has 0 amide bonds. The number of hydrogen-bond donors (Lipinski definition) is 1. The maximum absolute atomic E-state index is 5.37. The Balaban J connectivity index is 1.49. The van der Waals surface area contributed by atoms with Crippen molar-refractivity contribution in [2.75, 3.05) is 37.5 Å². The lowest BCUT2D eigenvalue weighted by Gasteiger charge is -2.35. The summed E-state index contributed by atoms with van der Waals surface area (Å²) >= 11 is 0. The fourth-order valence-corrected chi connectivity index (χ4v) is 3.75. The first-order valence-corrected chi connectivity index (χ1v) is 9.50. The van der Waals surface area contributed by atoms with E-state index < -0.39 is 0 Å². The second-order valence-corrected chi connectivity index (χ2v) is 7.12. The highest BCUT2D eigenvalue weighted by Gasteiger charge is 2.24. The molecule has 28 heavy (non-hydrogen) atoms. The lowest BCUT2D eigenvalue weighted by atomic mass is 10.0. The maximum atomic E-state index is 5.37. The van der Waals surface area contributed by atoms with E-state index >= 15 is 0 Å². The molecule has 8 heteroatoms. The van der Waals surface area contributed by atoms with Crippen molar-refractivity contribution in [3.05, 3.63) is 35.8 Å². The summed E-state index contributed by atoms with van der Waals surface area (Å²) in [4.78, 5) is 11.2. The molecule has 1 saturated heterocycles. The molecule has 0 aliphatic carbocycles. The minimum Gasteiger partial charge on any atom is -0.497 e. The molecule has 0 radical (unpaired) electrons. The van der Waals surface area contributed by atoms with Crippen molar-refractivity contribution < 1.29 is 9.47 Å². The van der Waals surface area contributed by atoms with E-state index in [0.717, 1.165) is 60.2 Å². The molecule has 0 atom stereocenters. The number of benzene rings is 1. The van der Waals surface area contributed by atoms with Gasteiger partial charge in [-0.2, -0.15) is 14.6 Å². The Morgan fingerprint density at radius 1 is 1.04 bits per heavy atom. The van der Waals surface area contributed by atoms with Crippen molar-refractivity contribution >= 4 is 17.3 Å². The summed E-state index contributed by atoms with van der Waals surface area (Å²) in [5.41, 5.74) is 3.17. The standard InChI is InChI=1S/C20H26N6O2/c1-13-14(2)23-20-21-12-22-26(20)19(13)25-7-5-15(6-8-25)24-16-9-17(27-3)11-18(10-16)28-4/h9-12,15,24H,5-8H2,1-4H3. The Hall–Kier alpha value is -3.03. The summed E-state index contributed by atoms with van der Waals surface area (Å²) in [6, 6.07) is 6.28. The van der Waals surface area contributed by atoms with Crippen LogP contribution in [0, 0.1) is 13.8 Å². The van der Waals surface area contributed by atoms with E-state index in [1.165, 1.54) is 0 Å². The van der Waals surface area contributed by atoms with Gasteiger partial charge in [0.05, 0.1) is 14.2 Å². The number of methoxy groups -OCH3 is 2. The van der Waals surface area contributed by atoms with Gasteiger partial charge in [0.1, 0.15) is 23.6 Å². The minimum absolute atomic E-state index is 0.391. The largest absolute Gasteiger partial charge is 0.497 e. The van der Waals surface area contributed by atoms with E-state index in [1.807, 2.05) is 29.6 Å². The van der Waals surface area contributed by atoms with Crippen LogP contribution in [0.3, 0.4) is 0 Å². The SMILES string of the molecule is COc1cc(NC2CCN(c3c(C)c(C)nc4ncnn34)CC2)cc(OC)c1. The zero-order valence-corrected chi connectivity index (χ0v) is 16.8. The summed E-state index contributed by atoms with van der Waals surface area (Å²) in [5, 5.41) is 8.01. The Labute approximate surface area is 164 Å². The van der Waals surface area contributed by atoms with Gasteiger partial charge in [-0.1, -0.05) is 0 Å². The summed E-state index contributed by atoms with van der Waals surface area (Å²) in [6.07, 6.45) is 3.61. The second-order valence-electron chi connectivity index (χ2n) is 7.12. The van der Waals surface area contributed by atoms with Crippen LogP contribution in [0.5, 0.6) is 11.5 Å². The highest BCUT2D eigenvalue weighted by Crippen LogP contribution is 2.29. The number of aryl methyl sites for hydroxylation is 1. The first-order valence-electron chi connectivity index (χ1n) is 9.50. The van der Waals surface area contributed by atoms with E-state index in [0.29, 0.717) is 11.8 Å². The number of hydrogen-bond acceptors (Lipinski definition) is 7. The molecule has 148 valence electrons. The Morgan fingerprint density at radius 3 is 2.36 bits per heavy atom. The normalized spacial score (nSPS) is 15.1. The molecule has 3 heterocycles. The van der Waals surface area contributed by atoms with Gasteiger partial charge in [-0.3, -0.25) is 0 Å². The molecule has 2 aromatic heterocycles. The lowest BCUT2D eigenvalue weighted by Crippen LogP contribution is -2.40. The van der Waals surface area contributed by atoms with Gasteiger partial charge < -0.3 is 19.7 Å². The molecule has 8 nitrogen and oxygen atoms in total. The highest BCUT2D eigenvalue weighted by molar-refractivity contribution is 5.56. The first kappa shape index (κ1) is 18.3. The van der Waals surface area contributed by atoms with Crippen LogP contribution in [0.25, 0.3) is 5.78 Å². The van der Waals surface area contributed by atoms with E-state index in [2.05, 4.69) is 32.2 Å². The number of nitrogens with one attached hydrogen (secondary N) is 1. The van der Waals surface area contributed by atoms with Crippen molar-refractivity contribution in [2.24, 2.45) is 0 Å². The van der Waals surface area contributed by atoms with Gasteiger partial charge in [-0.15, -0.1) is 0 Å². The third-order valence-electron chi connectivity index (χ3n) is 5.39. The zero-order valence-electron chi connectivity index (χ0n) is 16.8. The van der Waals surface area contributed by atoms with E-state index in [1.54, 1.807) is 20.5 Å². The predicted octanol–water partition coefficient (Wildman–Crippen LogP) is 2.84. The van der Waals surface area contributed by atoms with Crippen molar-refractivity contribution in [2.45, 2.75) is 32.7 Å². The van der Waals surface area contributed by atoms with Crippen LogP contribution in [0.2, 0.25) is 0 Å². The molecule has 0 unspecified atom stereocenters. The molecule has 3 aromatic rings. The molecule has 0 spiro atoms. The lowest BCUT2D eigenvalue weighted by molar-refractivity contribution is 0.394. The Bertz CT molecular complexity index is 956. The average Bonchev–Trinajstić information content (AvgIpc) is 3.17. The molecule has 1 fully saturated rings. The quantitative estimate of drug-likeness (QED) is 0.727. The molecule has 1 aliphatic rings.